The second kappa shape index (κ2) is 11.0. The van der Waals surface area contributed by atoms with Crippen LogP contribution in [0, 0.1) is 0 Å². The predicted molar refractivity (Wildman–Crippen MR) is 63.9 cm³/mol. The molecule has 0 saturated heterocycles. The summed E-state index contributed by atoms with van der Waals surface area (Å²) in [6.45, 7) is 2.19. The summed E-state index contributed by atoms with van der Waals surface area (Å²) in [5.74, 6) is -0.723. The average molecular weight is 210 g/mol. The third kappa shape index (κ3) is 12.9. The van der Waals surface area contributed by atoms with E-state index in [0.29, 0.717) is 6.42 Å². The van der Waals surface area contributed by atoms with Gasteiger partial charge in [-0.15, -0.1) is 0 Å². The molecule has 0 aliphatic heterocycles. The summed E-state index contributed by atoms with van der Waals surface area (Å²) in [5.41, 5.74) is 0. The molecule has 1 N–H and O–H groups in total. The minimum Gasteiger partial charge on any atom is -0.481 e. The van der Waals surface area contributed by atoms with Crippen LogP contribution in [0.25, 0.3) is 0 Å². The highest BCUT2D eigenvalue weighted by molar-refractivity contribution is 5.66. The summed E-state index contributed by atoms with van der Waals surface area (Å²) < 4.78 is 0. The second-order valence-corrected chi connectivity index (χ2v) is 3.59. The molecule has 15 heavy (non-hydrogen) atoms. The summed E-state index contributed by atoms with van der Waals surface area (Å²) in [7, 11) is 0. The molecule has 0 aliphatic carbocycles. The van der Waals surface area contributed by atoms with Gasteiger partial charge in [0.1, 0.15) is 0 Å². The van der Waals surface area contributed by atoms with Gasteiger partial charge in [0.25, 0.3) is 0 Å². The Hall–Kier alpha value is -1.05. The maximum absolute atomic E-state index is 10.2. The Morgan fingerprint density at radius 3 is 2.07 bits per heavy atom. The number of carboxylic acid groups (broad SMARTS) is 1. The fourth-order valence-electron chi connectivity index (χ4n) is 1.19. The molecule has 86 valence electrons. The molecule has 2 nitrogen and oxygen atoms in total. The van der Waals surface area contributed by atoms with Crippen LogP contribution in [0.15, 0.2) is 24.3 Å². The van der Waals surface area contributed by atoms with Crippen molar-refractivity contribution in [2.75, 3.05) is 0 Å². The van der Waals surface area contributed by atoms with Crippen LogP contribution < -0.4 is 0 Å². The Balaban J connectivity index is 3.22. The monoisotopic (exact) mass is 210 g/mol. The van der Waals surface area contributed by atoms with E-state index in [0.717, 1.165) is 12.8 Å². The number of unbranched alkanes of at least 4 members (excludes halogenated alkanes) is 3. The lowest BCUT2D eigenvalue weighted by Crippen LogP contribution is -1.91. The maximum atomic E-state index is 10.2. The van der Waals surface area contributed by atoms with Gasteiger partial charge >= 0.3 is 5.97 Å². The van der Waals surface area contributed by atoms with Crippen LogP contribution in [0.1, 0.15) is 51.9 Å². The van der Waals surface area contributed by atoms with Crippen molar-refractivity contribution in [3.8, 4) is 0 Å². The second-order valence-electron chi connectivity index (χ2n) is 3.59. The van der Waals surface area contributed by atoms with Crippen molar-refractivity contribution in [3.05, 3.63) is 24.3 Å². The number of hydrogen-bond acceptors (Lipinski definition) is 1. The van der Waals surface area contributed by atoms with Crippen LogP contribution in [0.2, 0.25) is 0 Å². The van der Waals surface area contributed by atoms with Gasteiger partial charge in [0, 0.05) is 6.42 Å². The van der Waals surface area contributed by atoms with Crippen molar-refractivity contribution < 1.29 is 9.90 Å². The predicted octanol–water partition coefficient (Wildman–Crippen LogP) is 3.93. The summed E-state index contributed by atoms with van der Waals surface area (Å²) in [6, 6.07) is 0. The zero-order valence-corrected chi connectivity index (χ0v) is 9.61. The normalized spacial score (nSPS) is 11.5. The largest absolute Gasteiger partial charge is 0.481 e. The van der Waals surface area contributed by atoms with Crippen LogP contribution in [0.4, 0.5) is 0 Å². The van der Waals surface area contributed by atoms with Gasteiger partial charge in [-0.2, -0.15) is 0 Å². The van der Waals surface area contributed by atoms with Gasteiger partial charge < -0.3 is 5.11 Å². The van der Waals surface area contributed by atoms with Crippen LogP contribution in [-0.4, -0.2) is 11.1 Å². The summed E-state index contributed by atoms with van der Waals surface area (Å²) in [6.07, 6.45) is 15.1. The molecule has 0 aromatic heterocycles. The van der Waals surface area contributed by atoms with E-state index >= 15 is 0 Å². The highest BCUT2D eigenvalue weighted by Gasteiger charge is 1.90. The fraction of sp³-hybridized carbons (Fsp3) is 0.615. The first-order valence-corrected chi connectivity index (χ1v) is 5.79. The van der Waals surface area contributed by atoms with E-state index in [2.05, 4.69) is 25.2 Å². The van der Waals surface area contributed by atoms with Gasteiger partial charge in [-0.25, -0.2) is 0 Å². The zero-order valence-electron chi connectivity index (χ0n) is 9.61. The number of carboxylic acids is 1. The number of carbonyl (C=O) groups is 1. The first-order chi connectivity index (χ1) is 7.27. The highest BCUT2D eigenvalue weighted by atomic mass is 16.4. The molecule has 2 heteroatoms. The minimum absolute atomic E-state index is 0.239. The van der Waals surface area contributed by atoms with Crippen molar-refractivity contribution >= 4 is 5.97 Å². The Morgan fingerprint density at radius 1 is 1.00 bits per heavy atom. The summed E-state index contributed by atoms with van der Waals surface area (Å²) in [5, 5.41) is 8.39. The van der Waals surface area contributed by atoms with Gasteiger partial charge in [0.05, 0.1) is 0 Å². The average Bonchev–Trinajstić information content (AvgIpc) is 2.20. The van der Waals surface area contributed by atoms with Crippen LogP contribution in [0.3, 0.4) is 0 Å². The molecule has 0 atom stereocenters. The first kappa shape index (κ1) is 13.9. The quantitative estimate of drug-likeness (QED) is 0.462. The molecule has 0 spiro atoms. The molecular formula is C13H22O2. The van der Waals surface area contributed by atoms with E-state index in [1.807, 2.05) is 6.08 Å². The standard InChI is InChI=1S/C13H22O2/c1-2-3-4-5-6-7-8-9-10-11-12-13(14)15/h5-6,9-10H,2-4,7-8,11-12H2,1H3,(H,14,15). The lowest BCUT2D eigenvalue weighted by Gasteiger charge is -1.90. The molecule has 0 rings (SSSR count). The van der Waals surface area contributed by atoms with E-state index < -0.39 is 5.97 Å². The highest BCUT2D eigenvalue weighted by Crippen LogP contribution is 2.00. The molecule has 0 fully saturated rings. The number of aliphatic carboxylic acids is 1. The van der Waals surface area contributed by atoms with Gasteiger partial charge in [0.2, 0.25) is 0 Å². The smallest absolute Gasteiger partial charge is 0.303 e. The van der Waals surface area contributed by atoms with E-state index in [4.69, 9.17) is 5.11 Å². The lowest BCUT2D eigenvalue weighted by atomic mass is 10.2. The lowest BCUT2D eigenvalue weighted by molar-refractivity contribution is -0.136. The molecule has 0 aromatic rings. The molecule has 0 aliphatic rings. The Labute approximate surface area is 92.7 Å². The third-order valence-electron chi connectivity index (χ3n) is 2.08. The van der Waals surface area contributed by atoms with Gasteiger partial charge in [-0.3, -0.25) is 4.79 Å². The Bertz CT molecular complexity index is 205. The van der Waals surface area contributed by atoms with Crippen molar-refractivity contribution in [2.45, 2.75) is 51.9 Å². The fourth-order valence-corrected chi connectivity index (χ4v) is 1.19. The Morgan fingerprint density at radius 2 is 1.53 bits per heavy atom. The third-order valence-corrected chi connectivity index (χ3v) is 2.08. The van der Waals surface area contributed by atoms with Gasteiger partial charge in [-0.1, -0.05) is 44.1 Å². The van der Waals surface area contributed by atoms with Crippen molar-refractivity contribution in [2.24, 2.45) is 0 Å². The molecule has 0 bridgehead atoms. The molecule has 0 unspecified atom stereocenters. The topological polar surface area (TPSA) is 37.3 Å². The van der Waals surface area contributed by atoms with Gasteiger partial charge in [0.15, 0.2) is 0 Å². The molecule has 0 saturated carbocycles. The van der Waals surface area contributed by atoms with Gasteiger partial charge in [-0.05, 0) is 25.7 Å². The molecule has 0 heterocycles. The summed E-state index contributed by atoms with van der Waals surface area (Å²) >= 11 is 0. The molecule has 0 radical (unpaired) electrons. The number of hydrogen-bond donors (Lipinski definition) is 1. The van der Waals surface area contributed by atoms with E-state index in [9.17, 15) is 4.79 Å². The summed E-state index contributed by atoms with van der Waals surface area (Å²) in [4.78, 5) is 10.2. The SMILES string of the molecule is CCCCC=CCCC=CCCC(=O)O. The zero-order chi connectivity index (χ0) is 11.4. The van der Waals surface area contributed by atoms with Crippen molar-refractivity contribution in [3.63, 3.8) is 0 Å². The van der Waals surface area contributed by atoms with Crippen molar-refractivity contribution in [1.82, 2.24) is 0 Å². The van der Waals surface area contributed by atoms with Crippen molar-refractivity contribution in [1.29, 1.82) is 0 Å². The minimum atomic E-state index is -0.723. The van der Waals surface area contributed by atoms with E-state index in [1.54, 1.807) is 0 Å². The first-order valence-electron chi connectivity index (χ1n) is 5.79. The van der Waals surface area contributed by atoms with Crippen LogP contribution in [0.5, 0.6) is 0 Å². The van der Waals surface area contributed by atoms with Crippen LogP contribution in [-0.2, 0) is 4.79 Å². The van der Waals surface area contributed by atoms with E-state index in [-0.39, 0.29) is 6.42 Å². The number of allylic oxidation sites excluding steroid dienone is 4. The molecular weight excluding hydrogens is 188 g/mol. The number of rotatable bonds is 9. The Kier molecular flexibility index (Phi) is 10.3. The molecule has 0 amide bonds. The molecule has 0 aromatic carbocycles. The maximum Gasteiger partial charge on any atom is 0.303 e. The van der Waals surface area contributed by atoms with E-state index in [1.165, 1.54) is 19.3 Å². The van der Waals surface area contributed by atoms with Crippen LogP contribution >= 0.6 is 0 Å².